The predicted molar refractivity (Wildman–Crippen MR) is 88.0 cm³/mol. The van der Waals surface area contributed by atoms with E-state index in [2.05, 4.69) is 26.8 Å². The highest BCUT2D eigenvalue weighted by molar-refractivity contribution is 5.57. The summed E-state index contributed by atoms with van der Waals surface area (Å²) in [5.74, 6) is 1.81. The van der Waals surface area contributed by atoms with Crippen LogP contribution in [0.15, 0.2) is 18.2 Å². The zero-order valence-electron chi connectivity index (χ0n) is 13.8. The molecular weight excluding hydrogens is 260 g/mol. The van der Waals surface area contributed by atoms with Crippen LogP contribution in [0, 0.1) is 18.6 Å². The molecule has 2 radical (unpaired) electrons. The molecular formula is C19H28O2. The Morgan fingerprint density at radius 2 is 2.10 bits per heavy atom. The van der Waals surface area contributed by atoms with E-state index in [0.29, 0.717) is 11.7 Å². The average Bonchev–Trinajstić information content (AvgIpc) is 2.46. The third-order valence-corrected chi connectivity index (χ3v) is 3.64. The van der Waals surface area contributed by atoms with Gasteiger partial charge in [0.1, 0.15) is 11.5 Å². The third-order valence-electron chi connectivity index (χ3n) is 3.64. The van der Waals surface area contributed by atoms with Crippen LogP contribution in [0.3, 0.4) is 0 Å². The fourth-order valence-corrected chi connectivity index (χ4v) is 2.48. The Bertz CT molecular complexity index is 425. The van der Waals surface area contributed by atoms with Crippen LogP contribution in [0.1, 0.15) is 58.4 Å². The van der Waals surface area contributed by atoms with Crippen LogP contribution < -0.4 is 4.74 Å². The minimum absolute atomic E-state index is 0.178. The molecule has 2 heteroatoms. The Morgan fingerprint density at radius 3 is 2.76 bits per heavy atom. The van der Waals surface area contributed by atoms with Gasteiger partial charge in [-0.1, -0.05) is 45.6 Å². The molecule has 0 amide bonds. The van der Waals surface area contributed by atoms with E-state index in [9.17, 15) is 0 Å². The molecule has 21 heavy (non-hydrogen) atoms. The van der Waals surface area contributed by atoms with Crippen molar-refractivity contribution in [2.45, 2.75) is 59.0 Å². The van der Waals surface area contributed by atoms with E-state index in [4.69, 9.17) is 16.1 Å². The number of hydrogen-bond acceptors (Lipinski definition) is 2. The predicted octanol–water partition coefficient (Wildman–Crippen LogP) is 5.28. The van der Waals surface area contributed by atoms with Gasteiger partial charge in [-0.2, -0.15) is 0 Å². The Morgan fingerprint density at radius 1 is 1.33 bits per heavy atom. The molecule has 0 aliphatic carbocycles. The normalized spacial score (nSPS) is 13.5. The zero-order chi connectivity index (χ0) is 15.7. The standard InChI is InChI=1S/C19H28O2/c1-6-7-8-10-15(2)13-16(3)21-19-12-9-11-18(14-19)17(4)20-5/h4,9,11,14-16H,6-8,10,13H2,1-3,5H3. The van der Waals surface area contributed by atoms with Gasteiger partial charge in [-0.25, -0.2) is 0 Å². The SMILES string of the molecule is [CH]=C(OC)c1cc[c]c(OC(C)CC(C)CCCCC)c1. The van der Waals surface area contributed by atoms with Gasteiger partial charge in [0.25, 0.3) is 0 Å². The summed E-state index contributed by atoms with van der Waals surface area (Å²) in [6.07, 6.45) is 6.42. The average molecular weight is 288 g/mol. The van der Waals surface area contributed by atoms with Gasteiger partial charge in [0, 0.05) is 11.6 Å². The van der Waals surface area contributed by atoms with E-state index in [1.807, 2.05) is 18.2 Å². The van der Waals surface area contributed by atoms with E-state index in [-0.39, 0.29) is 6.10 Å². The second-order valence-electron chi connectivity index (χ2n) is 5.78. The summed E-state index contributed by atoms with van der Waals surface area (Å²) < 4.78 is 11.0. The lowest BCUT2D eigenvalue weighted by molar-refractivity contribution is 0.185. The summed E-state index contributed by atoms with van der Waals surface area (Å²) in [6.45, 7) is 12.4. The smallest absolute Gasteiger partial charge is 0.128 e. The van der Waals surface area contributed by atoms with Gasteiger partial charge in [-0.3, -0.25) is 0 Å². The molecule has 0 spiro atoms. The topological polar surface area (TPSA) is 18.5 Å². The van der Waals surface area contributed by atoms with Crippen LogP contribution in [-0.2, 0) is 4.74 Å². The van der Waals surface area contributed by atoms with Gasteiger partial charge < -0.3 is 9.47 Å². The second-order valence-corrected chi connectivity index (χ2v) is 5.78. The largest absolute Gasteiger partial charge is 0.496 e. The maximum atomic E-state index is 5.95. The highest BCUT2D eigenvalue weighted by Crippen LogP contribution is 2.22. The number of ether oxygens (including phenoxy) is 2. The lowest BCUT2D eigenvalue weighted by Crippen LogP contribution is -2.16. The van der Waals surface area contributed by atoms with Gasteiger partial charge in [0.15, 0.2) is 0 Å². The number of unbranched alkanes of at least 4 members (excludes halogenated alkanes) is 2. The monoisotopic (exact) mass is 288 g/mol. The summed E-state index contributed by atoms with van der Waals surface area (Å²) in [4.78, 5) is 0. The summed E-state index contributed by atoms with van der Waals surface area (Å²) in [6, 6.07) is 8.65. The summed E-state index contributed by atoms with van der Waals surface area (Å²) in [7, 11) is 1.56. The summed E-state index contributed by atoms with van der Waals surface area (Å²) >= 11 is 0. The van der Waals surface area contributed by atoms with Crippen molar-refractivity contribution in [2.75, 3.05) is 7.11 Å². The first-order valence-electron chi connectivity index (χ1n) is 7.92. The molecule has 0 fully saturated rings. The van der Waals surface area contributed by atoms with Crippen molar-refractivity contribution in [3.05, 3.63) is 36.4 Å². The van der Waals surface area contributed by atoms with E-state index in [0.717, 1.165) is 17.7 Å². The van der Waals surface area contributed by atoms with Gasteiger partial charge in [0.2, 0.25) is 0 Å². The Hall–Kier alpha value is -1.44. The molecule has 0 N–H and O–H groups in total. The van der Waals surface area contributed by atoms with Crippen LogP contribution in [0.25, 0.3) is 5.76 Å². The van der Waals surface area contributed by atoms with Gasteiger partial charge >= 0.3 is 0 Å². The van der Waals surface area contributed by atoms with Gasteiger partial charge in [-0.15, -0.1) is 0 Å². The quantitative estimate of drug-likeness (QED) is 0.431. The van der Waals surface area contributed by atoms with Crippen molar-refractivity contribution in [3.63, 3.8) is 0 Å². The number of hydrogen-bond donors (Lipinski definition) is 0. The molecule has 2 unspecified atom stereocenters. The third kappa shape index (κ3) is 6.70. The lowest BCUT2D eigenvalue weighted by atomic mass is 9.97. The van der Waals surface area contributed by atoms with Crippen LogP contribution in [0.2, 0.25) is 0 Å². The Balaban J connectivity index is 2.47. The van der Waals surface area contributed by atoms with E-state index < -0.39 is 0 Å². The number of benzene rings is 1. The van der Waals surface area contributed by atoms with Gasteiger partial charge in [-0.05, 0) is 38.0 Å². The number of methoxy groups -OCH3 is 1. The zero-order valence-corrected chi connectivity index (χ0v) is 13.8. The number of rotatable bonds is 10. The highest BCUT2D eigenvalue weighted by atomic mass is 16.5. The Kier molecular flexibility index (Phi) is 7.96. The van der Waals surface area contributed by atoms with Crippen molar-refractivity contribution < 1.29 is 9.47 Å². The molecule has 0 heterocycles. The molecule has 0 saturated heterocycles. The fourth-order valence-electron chi connectivity index (χ4n) is 2.48. The molecule has 2 atom stereocenters. The molecule has 116 valence electrons. The van der Waals surface area contributed by atoms with E-state index >= 15 is 0 Å². The maximum absolute atomic E-state index is 5.95. The molecule has 1 aromatic rings. The Labute approximate surface area is 130 Å². The minimum atomic E-state index is 0.178. The molecule has 2 nitrogen and oxygen atoms in total. The minimum Gasteiger partial charge on any atom is -0.496 e. The fraction of sp³-hybridized carbons (Fsp3) is 0.579. The van der Waals surface area contributed by atoms with Gasteiger partial charge in [0.05, 0.1) is 13.2 Å². The maximum Gasteiger partial charge on any atom is 0.128 e. The molecule has 0 aliphatic rings. The van der Waals surface area contributed by atoms with Crippen LogP contribution in [0.5, 0.6) is 5.75 Å². The molecule has 0 bridgehead atoms. The highest BCUT2D eigenvalue weighted by Gasteiger charge is 2.11. The van der Waals surface area contributed by atoms with Crippen LogP contribution in [0.4, 0.5) is 0 Å². The molecule has 0 aromatic heterocycles. The van der Waals surface area contributed by atoms with Crippen molar-refractivity contribution >= 4 is 5.76 Å². The molecule has 1 aromatic carbocycles. The van der Waals surface area contributed by atoms with E-state index in [1.54, 1.807) is 7.11 Å². The molecule has 0 aliphatic heterocycles. The first-order chi connectivity index (χ1) is 10.1. The lowest BCUT2D eigenvalue weighted by Gasteiger charge is -2.19. The first-order valence-corrected chi connectivity index (χ1v) is 7.92. The molecule has 0 saturated carbocycles. The summed E-state index contributed by atoms with van der Waals surface area (Å²) in [5, 5.41) is 0. The summed E-state index contributed by atoms with van der Waals surface area (Å²) in [5.41, 5.74) is 0.828. The van der Waals surface area contributed by atoms with Crippen molar-refractivity contribution in [1.29, 1.82) is 0 Å². The van der Waals surface area contributed by atoms with Crippen LogP contribution >= 0.6 is 0 Å². The van der Waals surface area contributed by atoms with E-state index in [1.165, 1.54) is 25.7 Å². The van der Waals surface area contributed by atoms with Crippen molar-refractivity contribution in [1.82, 2.24) is 0 Å². The van der Waals surface area contributed by atoms with Crippen molar-refractivity contribution in [2.24, 2.45) is 5.92 Å². The molecule has 1 rings (SSSR count). The van der Waals surface area contributed by atoms with Crippen LogP contribution in [-0.4, -0.2) is 13.2 Å². The second kappa shape index (κ2) is 9.49. The van der Waals surface area contributed by atoms with Crippen molar-refractivity contribution in [3.8, 4) is 5.75 Å². The first kappa shape index (κ1) is 17.6.